The number of aryl methyl sites for hydroxylation is 1. The van der Waals surface area contributed by atoms with Gasteiger partial charge >= 0.3 is 0 Å². The van der Waals surface area contributed by atoms with Crippen LogP contribution in [0.2, 0.25) is 0 Å². The number of carbonyl (C=O) groups excluding carboxylic acids is 1. The summed E-state index contributed by atoms with van der Waals surface area (Å²) >= 11 is 0. The van der Waals surface area contributed by atoms with Crippen LogP contribution < -0.4 is 5.32 Å². The number of pyridine rings is 1. The first-order valence-corrected chi connectivity index (χ1v) is 9.79. The Labute approximate surface area is 162 Å². The van der Waals surface area contributed by atoms with Gasteiger partial charge in [-0.2, -0.15) is 0 Å². The van der Waals surface area contributed by atoms with E-state index in [-0.39, 0.29) is 17.4 Å². The topological polar surface area (TPSA) is 51.2 Å². The van der Waals surface area contributed by atoms with Gasteiger partial charge in [-0.05, 0) is 37.3 Å². The predicted molar refractivity (Wildman–Crippen MR) is 109 cm³/mol. The number of nitrogens with one attached hydrogen (secondary N) is 1. The van der Waals surface area contributed by atoms with Crippen molar-refractivity contribution in [2.75, 3.05) is 13.2 Å². The van der Waals surface area contributed by atoms with E-state index < -0.39 is 0 Å². The molecule has 2 heterocycles. The average molecular weight is 367 g/mol. The van der Waals surface area contributed by atoms with Gasteiger partial charge in [-0.15, -0.1) is 0 Å². The lowest BCUT2D eigenvalue weighted by Gasteiger charge is -2.40. The Morgan fingerprint density at radius 1 is 1.19 bits per heavy atom. The van der Waals surface area contributed by atoms with Crippen LogP contribution in [0.1, 0.15) is 49.7 Å². The average Bonchev–Trinajstić information content (AvgIpc) is 2.66. The zero-order valence-electron chi connectivity index (χ0n) is 16.8. The monoisotopic (exact) mass is 366 g/mol. The molecule has 1 aromatic carbocycles. The molecule has 1 aromatic heterocycles. The fourth-order valence-corrected chi connectivity index (χ4v) is 3.90. The molecule has 1 aliphatic rings. The number of amides is 1. The molecule has 4 nitrogen and oxygen atoms in total. The first kappa shape index (κ1) is 19.6. The van der Waals surface area contributed by atoms with Crippen LogP contribution in [-0.4, -0.2) is 30.1 Å². The van der Waals surface area contributed by atoms with Crippen molar-refractivity contribution in [3.05, 3.63) is 53.7 Å². The third-order valence-electron chi connectivity index (χ3n) is 5.22. The summed E-state index contributed by atoms with van der Waals surface area (Å²) in [7, 11) is 0. The largest absolute Gasteiger partial charge is 0.377 e. The highest BCUT2D eigenvalue weighted by Gasteiger charge is 2.35. The Hall–Kier alpha value is -2.20. The molecule has 1 N–H and O–H groups in total. The van der Waals surface area contributed by atoms with Gasteiger partial charge in [0.1, 0.15) is 0 Å². The van der Waals surface area contributed by atoms with Gasteiger partial charge in [0.25, 0.3) is 5.91 Å². The summed E-state index contributed by atoms with van der Waals surface area (Å²) < 4.78 is 6.02. The Bertz CT molecular complexity index is 781. The highest BCUT2D eigenvalue weighted by molar-refractivity contribution is 5.95. The second-order valence-electron chi connectivity index (χ2n) is 8.47. The predicted octanol–water partition coefficient (Wildman–Crippen LogP) is 4.63. The molecular weight excluding hydrogens is 336 g/mol. The van der Waals surface area contributed by atoms with Crippen LogP contribution in [0.3, 0.4) is 0 Å². The highest BCUT2D eigenvalue weighted by atomic mass is 16.5. The Morgan fingerprint density at radius 3 is 2.59 bits per heavy atom. The molecule has 2 atom stereocenters. The Morgan fingerprint density at radius 2 is 1.93 bits per heavy atom. The third-order valence-corrected chi connectivity index (χ3v) is 5.22. The Kier molecular flexibility index (Phi) is 5.95. The summed E-state index contributed by atoms with van der Waals surface area (Å²) in [6, 6.07) is 13.8. The van der Waals surface area contributed by atoms with Crippen molar-refractivity contribution in [1.82, 2.24) is 10.3 Å². The summed E-state index contributed by atoms with van der Waals surface area (Å²) in [5.41, 5.74) is 3.41. The maximum Gasteiger partial charge on any atom is 0.253 e. The number of hydrogen-bond donors (Lipinski definition) is 1. The summed E-state index contributed by atoms with van der Waals surface area (Å²) in [4.78, 5) is 17.3. The molecule has 0 spiro atoms. The number of ether oxygens (including phenoxy) is 1. The molecule has 4 heteroatoms. The minimum atomic E-state index is -0.0576. The van der Waals surface area contributed by atoms with Crippen LogP contribution in [0.25, 0.3) is 11.3 Å². The fourth-order valence-electron chi connectivity index (χ4n) is 3.90. The number of carbonyl (C=O) groups is 1. The lowest BCUT2D eigenvalue weighted by Crippen LogP contribution is -2.45. The lowest BCUT2D eigenvalue weighted by molar-refractivity contribution is -0.0839. The zero-order chi connectivity index (χ0) is 19.4. The van der Waals surface area contributed by atoms with E-state index in [4.69, 9.17) is 4.74 Å². The van der Waals surface area contributed by atoms with Crippen LogP contribution in [0.15, 0.2) is 42.5 Å². The third kappa shape index (κ3) is 4.75. The molecule has 1 aliphatic heterocycles. The molecule has 0 aliphatic carbocycles. The molecule has 3 rings (SSSR count). The molecule has 1 amide bonds. The van der Waals surface area contributed by atoms with Gasteiger partial charge in [0.15, 0.2) is 0 Å². The van der Waals surface area contributed by atoms with Gasteiger partial charge in [-0.3, -0.25) is 9.78 Å². The van der Waals surface area contributed by atoms with Gasteiger partial charge in [0.05, 0.1) is 23.1 Å². The van der Waals surface area contributed by atoms with E-state index in [0.717, 1.165) is 36.4 Å². The first-order valence-electron chi connectivity index (χ1n) is 9.79. The number of rotatable bonds is 4. The van der Waals surface area contributed by atoms with Gasteiger partial charge in [-0.25, -0.2) is 0 Å². The molecular formula is C23H30N2O2. The first-order chi connectivity index (χ1) is 12.9. The second-order valence-corrected chi connectivity index (χ2v) is 8.47. The quantitative estimate of drug-likeness (QED) is 0.858. The molecule has 0 unspecified atom stereocenters. The standard InChI is InChI=1S/C23H30N2O2/c1-16-19(12-13-20(25-16)17-9-6-5-7-10-17)22(26)24-15-18-11-8-14-27-21(18)23(2,3)4/h5-7,9-10,12-13,18,21H,8,11,14-15H2,1-4H3,(H,24,26)/t18-,21-/m0/s1. The molecule has 1 fully saturated rings. The van der Waals surface area contributed by atoms with Crippen LogP contribution in [0.4, 0.5) is 0 Å². The van der Waals surface area contributed by atoms with E-state index in [2.05, 4.69) is 31.1 Å². The maximum atomic E-state index is 12.7. The number of benzene rings is 1. The molecule has 2 aromatic rings. The summed E-state index contributed by atoms with van der Waals surface area (Å²) in [5.74, 6) is 0.289. The van der Waals surface area contributed by atoms with Crippen molar-refractivity contribution in [1.29, 1.82) is 0 Å². The smallest absolute Gasteiger partial charge is 0.253 e. The van der Waals surface area contributed by atoms with Gasteiger partial charge in [-0.1, -0.05) is 51.1 Å². The normalized spacial score (nSPS) is 20.3. The van der Waals surface area contributed by atoms with Crippen molar-refractivity contribution in [3.63, 3.8) is 0 Å². The fraction of sp³-hybridized carbons (Fsp3) is 0.478. The van der Waals surface area contributed by atoms with E-state index in [1.165, 1.54) is 0 Å². The lowest BCUT2D eigenvalue weighted by atomic mass is 9.78. The van der Waals surface area contributed by atoms with E-state index in [1.807, 2.05) is 49.4 Å². The minimum Gasteiger partial charge on any atom is -0.377 e. The number of nitrogens with zero attached hydrogens (tertiary/aromatic N) is 1. The summed E-state index contributed by atoms with van der Waals surface area (Å²) in [5, 5.41) is 3.11. The van der Waals surface area contributed by atoms with E-state index in [1.54, 1.807) is 0 Å². The van der Waals surface area contributed by atoms with Crippen molar-refractivity contribution in [2.24, 2.45) is 11.3 Å². The SMILES string of the molecule is Cc1nc(-c2ccccc2)ccc1C(=O)NC[C@@H]1CCCO[C@@H]1C(C)(C)C. The molecule has 144 valence electrons. The van der Waals surface area contributed by atoms with Crippen LogP contribution in [0, 0.1) is 18.3 Å². The van der Waals surface area contributed by atoms with Crippen LogP contribution >= 0.6 is 0 Å². The maximum absolute atomic E-state index is 12.7. The zero-order valence-corrected chi connectivity index (χ0v) is 16.8. The summed E-state index contributed by atoms with van der Waals surface area (Å²) in [6.45, 7) is 9.95. The van der Waals surface area contributed by atoms with Crippen molar-refractivity contribution >= 4 is 5.91 Å². The van der Waals surface area contributed by atoms with E-state index in [9.17, 15) is 4.79 Å². The van der Waals surface area contributed by atoms with Crippen molar-refractivity contribution < 1.29 is 9.53 Å². The molecule has 0 bridgehead atoms. The molecule has 0 radical (unpaired) electrons. The molecule has 1 saturated heterocycles. The van der Waals surface area contributed by atoms with Crippen molar-refractivity contribution in [3.8, 4) is 11.3 Å². The molecule has 0 saturated carbocycles. The highest BCUT2D eigenvalue weighted by Crippen LogP contribution is 2.33. The van der Waals surface area contributed by atoms with Gasteiger partial charge < -0.3 is 10.1 Å². The Balaban J connectivity index is 1.67. The minimum absolute atomic E-state index is 0.0576. The van der Waals surface area contributed by atoms with E-state index in [0.29, 0.717) is 18.0 Å². The van der Waals surface area contributed by atoms with Crippen molar-refractivity contribution in [2.45, 2.75) is 46.6 Å². The summed E-state index contributed by atoms with van der Waals surface area (Å²) in [6.07, 6.45) is 2.32. The van der Waals surface area contributed by atoms with Crippen LogP contribution in [-0.2, 0) is 4.74 Å². The number of hydrogen-bond acceptors (Lipinski definition) is 3. The number of aromatic nitrogens is 1. The molecule has 27 heavy (non-hydrogen) atoms. The van der Waals surface area contributed by atoms with E-state index >= 15 is 0 Å². The van der Waals surface area contributed by atoms with Crippen LogP contribution in [0.5, 0.6) is 0 Å². The second kappa shape index (κ2) is 8.22. The van der Waals surface area contributed by atoms with Gasteiger partial charge in [0, 0.05) is 24.6 Å². The van der Waals surface area contributed by atoms with Gasteiger partial charge in [0.2, 0.25) is 0 Å².